The molecule has 1 aliphatic carbocycles. The van der Waals surface area contributed by atoms with Gasteiger partial charge in [0.2, 0.25) is 0 Å². The third kappa shape index (κ3) is 1.04. The first-order valence-electron chi connectivity index (χ1n) is 4.35. The summed E-state index contributed by atoms with van der Waals surface area (Å²) in [5.41, 5.74) is 0. The van der Waals surface area contributed by atoms with Gasteiger partial charge in [-0.05, 0) is 0 Å². The zero-order chi connectivity index (χ0) is 8.72. The van der Waals surface area contributed by atoms with E-state index in [1.54, 1.807) is 0 Å². The molecule has 0 aromatic rings. The number of aliphatic hydroxyl groups excluding tert-OH is 2. The second kappa shape index (κ2) is 2.75. The molecular weight excluding hydrogens is 156 g/mol. The van der Waals surface area contributed by atoms with Gasteiger partial charge in [0.1, 0.15) is 6.10 Å². The van der Waals surface area contributed by atoms with E-state index in [4.69, 9.17) is 9.84 Å². The average Bonchev–Trinajstić information content (AvgIpc) is 2.43. The minimum Gasteiger partial charge on any atom is -0.495 e. The molecule has 4 atom stereocenters. The maximum atomic E-state index is 9.51. The SMILES string of the molecule is C=C1C[C@H]2[C@H](CO)[C@@H](O)C[C@H]2O1. The molecule has 12 heavy (non-hydrogen) atoms. The summed E-state index contributed by atoms with van der Waals surface area (Å²) in [4.78, 5) is 0. The Morgan fingerprint density at radius 3 is 3.00 bits per heavy atom. The Hall–Kier alpha value is -0.540. The summed E-state index contributed by atoms with van der Waals surface area (Å²) >= 11 is 0. The van der Waals surface area contributed by atoms with Crippen LogP contribution in [0.4, 0.5) is 0 Å². The van der Waals surface area contributed by atoms with E-state index in [1.165, 1.54) is 0 Å². The van der Waals surface area contributed by atoms with Crippen LogP contribution in [-0.4, -0.2) is 29.0 Å². The lowest BCUT2D eigenvalue weighted by atomic mass is 9.93. The van der Waals surface area contributed by atoms with E-state index in [0.29, 0.717) is 6.42 Å². The van der Waals surface area contributed by atoms with Crippen LogP contribution in [-0.2, 0) is 4.74 Å². The lowest BCUT2D eigenvalue weighted by Gasteiger charge is -2.15. The summed E-state index contributed by atoms with van der Waals surface area (Å²) in [6.07, 6.45) is 1.16. The molecule has 1 heterocycles. The Bertz CT molecular complexity index is 202. The van der Waals surface area contributed by atoms with E-state index < -0.39 is 6.10 Å². The number of aliphatic hydroxyl groups is 2. The Morgan fingerprint density at radius 2 is 2.33 bits per heavy atom. The highest BCUT2D eigenvalue weighted by molar-refractivity contribution is 5.04. The number of hydrogen-bond donors (Lipinski definition) is 2. The van der Waals surface area contributed by atoms with Crippen LogP contribution in [0.25, 0.3) is 0 Å². The Kier molecular flexibility index (Phi) is 1.85. The van der Waals surface area contributed by atoms with Crippen LogP contribution >= 0.6 is 0 Å². The van der Waals surface area contributed by atoms with Crippen LogP contribution in [0, 0.1) is 11.8 Å². The van der Waals surface area contributed by atoms with Gasteiger partial charge in [0.25, 0.3) is 0 Å². The minimum absolute atomic E-state index is 0.00532. The Morgan fingerprint density at radius 1 is 1.58 bits per heavy atom. The lowest BCUT2D eigenvalue weighted by molar-refractivity contribution is 0.0718. The number of hydrogen-bond acceptors (Lipinski definition) is 3. The largest absolute Gasteiger partial charge is 0.495 e. The smallest absolute Gasteiger partial charge is 0.104 e. The number of fused-ring (bicyclic) bond motifs is 1. The summed E-state index contributed by atoms with van der Waals surface area (Å²) in [6, 6.07) is 0. The van der Waals surface area contributed by atoms with Crippen LogP contribution in [0.15, 0.2) is 12.3 Å². The van der Waals surface area contributed by atoms with Gasteiger partial charge in [-0.3, -0.25) is 0 Å². The molecule has 2 aliphatic rings. The molecule has 3 nitrogen and oxygen atoms in total. The Labute approximate surface area is 71.7 Å². The predicted octanol–water partition coefficient (Wildman–Crippen LogP) is 0.278. The highest BCUT2D eigenvalue weighted by Gasteiger charge is 2.47. The van der Waals surface area contributed by atoms with E-state index in [-0.39, 0.29) is 24.5 Å². The first-order chi connectivity index (χ1) is 5.72. The monoisotopic (exact) mass is 170 g/mol. The molecular formula is C9H14O3. The van der Waals surface area contributed by atoms with Crippen LogP contribution < -0.4 is 0 Å². The van der Waals surface area contributed by atoms with Crippen LogP contribution in [0.3, 0.4) is 0 Å². The van der Waals surface area contributed by atoms with Crippen molar-refractivity contribution in [3.8, 4) is 0 Å². The zero-order valence-electron chi connectivity index (χ0n) is 6.94. The quantitative estimate of drug-likeness (QED) is 0.594. The fourth-order valence-corrected chi connectivity index (χ4v) is 2.35. The Balaban J connectivity index is 2.11. The molecule has 0 aromatic heterocycles. The maximum absolute atomic E-state index is 9.51. The number of rotatable bonds is 1. The standard InChI is InChI=1S/C9H14O3/c1-5-2-6-7(4-10)8(11)3-9(6)12-5/h6-11H,1-4H2/t6-,7-,8-,9+/m0/s1. The van der Waals surface area contributed by atoms with Crippen molar-refractivity contribution in [1.82, 2.24) is 0 Å². The van der Waals surface area contributed by atoms with Gasteiger partial charge < -0.3 is 14.9 Å². The van der Waals surface area contributed by atoms with Gasteiger partial charge >= 0.3 is 0 Å². The summed E-state index contributed by atoms with van der Waals surface area (Å²) < 4.78 is 5.42. The van der Waals surface area contributed by atoms with Crippen molar-refractivity contribution in [1.29, 1.82) is 0 Å². The van der Waals surface area contributed by atoms with E-state index in [1.807, 2.05) is 0 Å². The number of allylic oxidation sites excluding steroid dienone is 1. The van der Waals surface area contributed by atoms with E-state index >= 15 is 0 Å². The predicted molar refractivity (Wildman–Crippen MR) is 43.3 cm³/mol. The molecule has 0 bridgehead atoms. The van der Waals surface area contributed by atoms with Crippen molar-refractivity contribution < 1.29 is 14.9 Å². The molecule has 0 radical (unpaired) electrons. The first kappa shape index (κ1) is 8.08. The summed E-state index contributed by atoms with van der Waals surface area (Å²) in [6.45, 7) is 3.80. The fourth-order valence-electron chi connectivity index (χ4n) is 2.35. The summed E-state index contributed by atoms with van der Waals surface area (Å²) in [5.74, 6) is 1.09. The van der Waals surface area contributed by atoms with E-state index in [0.717, 1.165) is 12.2 Å². The first-order valence-corrected chi connectivity index (χ1v) is 4.35. The molecule has 68 valence electrons. The molecule has 3 heteroatoms. The van der Waals surface area contributed by atoms with E-state index in [2.05, 4.69) is 6.58 Å². The van der Waals surface area contributed by atoms with Gasteiger partial charge in [0, 0.05) is 31.3 Å². The lowest BCUT2D eigenvalue weighted by Crippen LogP contribution is -2.22. The zero-order valence-corrected chi connectivity index (χ0v) is 6.94. The average molecular weight is 170 g/mol. The van der Waals surface area contributed by atoms with E-state index in [9.17, 15) is 5.11 Å². The fraction of sp³-hybridized carbons (Fsp3) is 0.778. The van der Waals surface area contributed by atoms with Crippen molar-refractivity contribution in [2.75, 3.05) is 6.61 Å². The molecule has 1 saturated carbocycles. The molecule has 0 unspecified atom stereocenters. The highest BCUT2D eigenvalue weighted by Crippen LogP contribution is 2.43. The molecule has 1 aliphatic heterocycles. The van der Waals surface area contributed by atoms with Gasteiger partial charge in [-0.2, -0.15) is 0 Å². The molecule has 1 saturated heterocycles. The molecule has 2 rings (SSSR count). The van der Waals surface area contributed by atoms with Gasteiger partial charge in [0.05, 0.1) is 11.9 Å². The van der Waals surface area contributed by atoms with Crippen LogP contribution in [0.1, 0.15) is 12.8 Å². The van der Waals surface area contributed by atoms with Crippen molar-refractivity contribution >= 4 is 0 Å². The molecule has 0 aromatic carbocycles. The van der Waals surface area contributed by atoms with Crippen LogP contribution in [0.5, 0.6) is 0 Å². The topological polar surface area (TPSA) is 49.7 Å². The normalized spacial score (nSPS) is 46.0. The third-order valence-corrected chi connectivity index (χ3v) is 2.99. The second-order valence-corrected chi connectivity index (χ2v) is 3.71. The molecule has 0 spiro atoms. The molecule has 2 N–H and O–H groups in total. The number of ether oxygens (including phenoxy) is 1. The van der Waals surface area contributed by atoms with Crippen LogP contribution in [0.2, 0.25) is 0 Å². The second-order valence-electron chi connectivity index (χ2n) is 3.71. The van der Waals surface area contributed by atoms with Crippen molar-refractivity contribution in [2.45, 2.75) is 25.0 Å². The van der Waals surface area contributed by atoms with Gasteiger partial charge in [0.15, 0.2) is 0 Å². The minimum atomic E-state index is -0.391. The van der Waals surface area contributed by atoms with Gasteiger partial charge in [-0.15, -0.1) is 0 Å². The molecule has 0 amide bonds. The molecule has 2 fully saturated rings. The van der Waals surface area contributed by atoms with Gasteiger partial charge in [-0.25, -0.2) is 0 Å². The summed E-state index contributed by atoms with van der Waals surface area (Å²) in [5, 5.41) is 18.5. The third-order valence-electron chi connectivity index (χ3n) is 2.99. The maximum Gasteiger partial charge on any atom is 0.104 e. The van der Waals surface area contributed by atoms with Gasteiger partial charge in [-0.1, -0.05) is 6.58 Å². The van der Waals surface area contributed by atoms with Crippen molar-refractivity contribution in [3.63, 3.8) is 0 Å². The van der Waals surface area contributed by atoms with Crippen molar-refractivity contribution in [2.24, 2.45) is 11.8 Å². The van der Waals surface area contributed by atoms with Crippen molar-refractivity contribution in [3.05, 3.63) is 12.3 Å². The summed E-state index contributed by atoms with van der Waals surface area (Å²) in [7, 11) is 0. The highest BCUT2D eigenvalue weighted by atomic mass is 16.5.